The second-order valence-corrected chi connectivity index (χ2v) is 6.59. The molecule has 138 valence electrons. The molecule has 4 rings (SSSR count). The molecule has 0 atom stereocenters. The van der Waals surface area contributed by atoms with Crippen LogP contribution in [0.1, 0.15) is 22.4 Å². The zero-order valence-electron chi connectivity index (χ0n) is 15.5. The highest BCUT2D eigenvalue weighted by Gasteiger charge is 2.24. The lowest BCUT2D eigenvalue weighted by atomic mass is 10.1. The summed E-state index contributed by atoms with van der Waals surface area (Å²) in [6, 6.07) is 16.1. The fourth-order valence-electron chi connectivity index (χ4n) is 3.39. The molecule has 0 bridgehead atoms. The smallest absolute Gasteiger partial charge is 0.179 e. The number of pyridine rings is 2. The Labute approximate surface area is 163 Å². The van der Waals surface area contributed by atoms with Gasteiger partial charge in [0.25, 0.3) is 0 Å². The van der Waals surface area contributed by atoms with E-state index < -0.39 is 0 Å². The summed E-state index contributed by atoms with van der Waals surface area (Å²) in [5.74, 6) is 1.15. The van der Waals surface area contributed by atoms with Gasteiger partial charge < -0.3 is 9.47 Å². The van der Waals surface area contributed by atoms with Crippen molar-refractivity contribution in [2.75, 3.05) is 7.11 Å². The summed E-state index contributed by atoms with van der Waals surface area (Å²) in [7, 11) is 1.59. The molecule has 1 aliphatic carbocycles. The summed E-state index contributed by atoms with van der Waals surface area (Å²) in [5, 5.41) is 9.61. The van der Waals surface area contributed by atoms with Gasteiger partial charge in [-0.15, -0.1) is 0 Å². The molecule has 5 heteroatoms. The second kappa shape index (κ2) is 7.93. The van der Waals surface area contributed by atoms with Crippen molar-refractivity contribution in [2.24, 2.45) is 0 Å². The first-order chi connectivity index (χ1) is 13.8. The number of aromatic nitrogens is 2. The van der Waals surface area contributed by atoms with Gasteiger partial charge in [0.15, 0.2) is 11.5 Å². The summed E-state index contributed by atoms with van der Waals surface area (Å²) in [6.07, 6.45) is 8.51. The van der Waals surface area contributed by atoms with Crippen LogP contribution in [-0.4, -0.2) is 23.2 Å². The molecule has 0 saturated carbocycles. The Morgan fingerprint density at radius 1 is 1.11 bits per heavy atom. The molecule has 2 aromatic heterocycles. The number of rotatable bonds is 5. The molecular formula is C23H19N3O2. The van der Waals surface area contributed by atoms with Crippen molar-refractivity contribution in [1.82, 2.24) is 9.97 Å². The maximum atomic E-state index is 9.61. The van der Waals surface area contributed by atoms with Gasteiger partial charge in [0.2, 0.25) is 0 Å². The van der Waals surface area contributed by atoms with Crippen molar-refractivity contribution in [1.29, 1.82) is 5.26 Å². The molecule has 0 N–H and O–H groups in total. The van der Waals surface area contributed by atoms with E-state index in [9.17, 15) is 5.26 Å². The number of nitrogens with zero attached hydrogens (tertiary/aromatic N) is 3. The molecule has 2 heterocycles. The molecule has 28 heavy (non-hydrogen) atoms. The Balaban J connectivity index is 1.61. The van der Waals surface area contributed by atoms with Crippen molar-refractivity contribution in [3.8, 4) is 17.6 Å². The van der Waals surface area contributed by atoms with Crippen LogP contribution in [0.15, 0.2) is 61.1 Å². The van der Waals surface area contributed by atoms with E-state index in [0.29, 0.717) is 22.8 Å². The van der Waals surface area contributed by atoms with Gasteiger partial charge in [-0.1, -0.05) is 24.3 Å². The number of benzene rings is 1. The van der Waals surface area contributed by atoms with E-state index in [1.54, 1.807) is 37.8 Å². The number of nitriles is 1. The van der Waals surface area contributed by atoms with Crippen LogP contribution in [0.4, 0.5) is 0 Å². The molecular weight excluding hydrogens is 350 g/mol. The van der Waals surface area contributed by atoms with Gasteiger partial charge in [0, 0.05) is 31.3 Å². The van der Waals surface area contributed by atoms with Gasteiger partial charge in [-0.2, -0.15) is 5.26 Å². The first kappa shape index (κ1) is 17.7. The lowest BCUT2D eigenvalue weighted by molar-refractivity contribution is 0.204. The van der Waals surface area contributed by atoms with Crippen molar-refractivity contribution < 1.29 is 9.47 Å². The Kier molecular flexibility index (Phi) is 5.03. The summed E-state index contributed by atoms with van der Waals surface area (Å²) in [6.45, 7) is 0. The maximum absolute atomic E-state index is 9.61. The minimum absolute atomic E-state index is 0.0382. The molecule has 0 unspecified atom stereocenters. The number of allylic oxidation sites excluding steroid dienone is 1. The van der Waals surface area contributed by atoms with Gasteiger partial charge in [0.1, 0.15) is 12.2 Å². The monoisotopic (exact) mass is 369 g/mol. The highest BCUT2D eigenvalue weighted by molar-refractivity contribution is 5.88. The fourth-order valence-corrected chi connectivity index (χ4v) is 3.39. The van der Waals surface area contributed by atoms with E-state index in [0.717, 1.165) is 18.4 Å². The van der Waals surface area contributed by atoms with Crippen molar-refractivity contribution in [3.05, 3.63) is 83.4 Å². The van der Waals surface area contributed by atoms with Gasteiger partial charge in [-0.05, 0) is 34.9 Å². The summed E-state index contributed by atoms with van der Waals surface area (Å²) < 4.78 is 11.7. The van der Waals surface area contributed by atoms with Crippen LogP contribution < -0.4 is 9.47 Å². The minimum Gasteiger partial charge on any atom is -0.491 e. The van der Waals surface area contributed by atoms with Gasteiger partial charge in [-0.25, -0.2) is 0 Å². The molecule has 0 radical (unpaired) electrons. The third-order valence-corrected chi connectivity index (χ3v) is 4.77. The third-order valence-electron chi connectivity index (χ3n) is 4.77. The quantitative estimate of drug-likeness (QED) is 0.634. The normalized spacial score (nSPS) is 13.6. The molecule has 0 amide bonds. The molecule has 1 aromatic carbocycles. The number of hydrogen-bond donors (Lipinski definition) is 0. The zero-order chi connectivity index (χ0) is 19.3. The fraction of sp³-hybridized carbons (Fsp3) is 0.174. The van der Waals surface area contributed by atoms with Crippen LogP contribution >= 0.6 is 0 Å². The van der Waals surface area contributed by atoms with E-state index >= 15 is 0 Å². The topological polar surface area (TPSA) is 68.0 Å². The highest BCUT2D eigenvalue weighted by atomic mass is 16.5. The lowest BCUT2D eigenvalue weighted by Crippen LogP contribution is -2.17. The summed E-state index contributed by atoms with van der Waals surface area (Å²) >= 11 is 0. The number of hydrogen-bond acceptors (Lipinski definition) is 5. The van der Waals surface area contributed by atoms with Gasteiger partial charge in [0.05, 0.1) is 24.6 Å². The number of fused-ring (bicyclic) bond motifs is 1. The van der Waals surface area contributed by atoms with Crippen LogP contribution in [-0.2, 0) is 12.8 Å². The Morgan fingerprint density at radius 2 is 1.82 bits per heavy atom. The zero-order valence-corrected chi connectivity index (χ0v) is 15.5. The second-order valence-electron chi connectivity index (χ2n) is 6.59. The average Bonchev–Trinajstić information content (AvgIpc) is 3.15. The molecule has 0 saturated heterocycles. The predicted molar refractivity (Wildman–Crippen MR) is 107 cm³/mol. The van der Waals surface area contributed by atoms with Crippen molar-refractivity contribution in [3.63, 3.8) is 0 Å². The maximum Gasteiger partial charge on any atom is 0.179 e. The van der Waals surface area contributed by atoms with E-state index in [1.807, 2.05) is 12.1 Å². The Bertz CT molecular complexity index is 1030. The van der Waals surface area contributed by atoms with Gasteiger partial charge >= 0.3 is 0 Å². The first-order valence-corrected chi connectivity index (χ1v) is 9.06. The van der Waals surface area contributed by atoms with Crippen molar-refractivity contribution >= 4 is 11.6 Å². The third kappa shape index (κ3) is 3.72. The van der Waals surface area contributed by atoms with E-state index in [1.165, 1.54) is 11.1 Å². The van der Waals surface area contributed by atoms with E-state index in [2.05, 4.69) is 40.3 Å². The molecule has 5 nitrogen and oxygen atoms in total. The van der Waals surface area contributed by atoms with Gasteiger partial charge in [-0.3, -0.25) is 9.97 Å². The van der Waals surface area contributed by atoms with Crippen LogP contribution in [0.25, 0.3) is 11.6 Å². The largest absolute Gasteiger partial charge is 0.491 e. The molecule has 1 aliphatic rings. The lowest BCUT2D eigenvalue weighted by Gasteiger charge is -2.16. The molecule has 0 spiro atoms. The average molecular weight is 369 g/mol. The number of methoxy groups -OCH3 is 1. The first-order valence-electron chi connectivity index (χ1n) is 9.06. The Hall–Kier alpha value is -3.65. The van der Waals surface area contributed by atoms with Crippen molar-refractivity contribution in [2.45, 2.75) is 18.9 Å². The van der Waals surface area contributed by atoms with E-state index in [-0.39, 0.29) is 6.10 Å². The minimum atomic E-state index is 0.0382. The van der Waals surface area contributed by atoms with E-state index in [4.69, 9.17) is 9.47 Å². The molecule has 0 aliphatic heterocycles. The summed E-state index contributed by atoms with van der Waals surface area (Å²) in [5.41, 5.74) is 4.52. The summed E-state index contributed by atoms with van der Waals surface area (Å²) in [4.78, 5) is 8.38. The number of ether oxygens (including phenoxy) is 2. The predicted octanol–water partition coefficient (Wildman–Crippen LogP) is 4.10. The molecule has 0 fully saturated rings. The Morgan fingerprint density at radius 3 is 2.46 bits per heavy atom. The SMILES string of the molecule is COc1cnc(C(C#N)=Cc2ccncc2)cc1OC1Cc2ccccc2C1. The van der Waals surface area contributed by atoms with Crippen LogP contribution in [0.3, 0.4) is 0 Å². The highest BCUT2D eigenvalue weighted by Crippen LogP contribution is 2.33. The standard InChI is InChI=1S/C23H19N3O2/c1-27-23-15-26-21(19(14-24)10-16-6-8-25-9-7-16)13-22(23)28-20-11-17-4-2-3-5-18(17)12-20/h2-10,13,15,20H,11-12H2,1H3. The van der Waals surface area contributed by atoms with Crippen LogP contribution in [0.2, 0.25) is 0 Å². The van der Waals surface area contributed by atoms with Crippen LogP contribution in [0, 0.1) is 11.3 Å². The van der Waals surface area contributed by atoms with Crippen LogP contribution in [0.5, 0.6) is 11.5 Å². The molecule has 3 aromatic rings.